The van der Waals surface area contributed by atoms with Gasteiger partial charge in [0.15, 0.2) is 0 Å². The third-order valence-electron chi connectivity index (χ3n) is 4.66. The molecule has 1 saturated carbocycles. The molecule has 0 bridgehead atoms. The fraction of sp³-hybridized carbons (Fsp3) is 0.625. The van der Waals surface area contributed by atoms with Gasteiger partial charge in [-0.15, -0.1) is 0 Å². The lowest BCUT2D eigenvalue weighted by Gasteiger charge is -2.42. The van der Waals surface area contributed by atoms with Gasteiger partial charge in [0.1, 0.15) is 0 Å². The number of benzene rings is 1. The SMILES string of the molecule is Cc1cc(Br)c(C(N)C2CCCCC2(C)C)cc1Br. The molecule has 1 fully saturated rings. The zero-order chi connectivity index (χ0) is 14.2. The van der Waals surface area contributed by atoms with Gasteiger partial charge in [-0.3, -0.25) is 0 Å². The Bertz CT molecular complexity index is 468. The minimum Gasteiger partial charge on any atom is -0.324 e. The van der Waals surface area contributed by atoms with Gasteiger partial charge in [0.05, 0.1) is 0 Å². The summed E-state index contributed by atoms with van der Waals surface area (Å²) in [5.74, 6) is 0.562. The summed E-state index contributed by atoms with van der Waals surface area (Å²) in [6.45, 7) is 6.84. The van der Waals surface area contributed by atoms with Crippen LogP contribution < -0.4 is 5.73 Å². The molecule has 1 aliphatic carbocycles. The van der Waals surface area contributed by atoms with Crippen molar-refractivity contribution in [1.29, 1.82) is 0 Å². The molecule has 1 aliphatic rings. The highest BCUT2D eigenvalue weighted by atomic mass is 79.9. The lowest BCUT2D eigenvalue weighted by atomic mass is 9.65. The molecule has 1 aromatic carbocycles. The Morgan fingerprint density at radius 2 is 1.89 bits per heavy atom. The summed E-state index contributed by atoms with van der Waals surface area (Å²) in [6.07, 6.45) is 5.18. The lowest BCUT2D eigenvalue weighted by Crippen LogP contribution is -2.36. The molecule has 0 aromatic heterocycles. The van der Waals surface area contributed by atoms with Crippen LogP contribution in [0.25, 0.3) is 0 Å². The molecular weight excluding hydrogens is 366 g/mol. The third kappa shape index (κ3) is 3.25. The van der Waals surface area contributed by atoms with Crippen molar-refractivity contribution in [1.82, 2.24) is 0 Å². The van der Waals surface area contributed by atoms with Crippen LogP contribution in [0.5, 0.6) is 0 Å². The number of hydrogen-bond acceptors (Lipinski definition) is 1. The van der Waals surface area contributed by atoms with Gasteiger partial charge < -0.3 is 5.73 Å². The van der Waals surface area contributed by atoms with Crippen LogP contribution in [0.15, 0.2) is 21.1 Å². The van der Waals surface area contributed by atoms with Crippen molar-refractivity contribution < 1.29 is 0 Å². The quantitative estimate of drug-likeness (QED) is 0.686. The van der Waals surface area contributed by atoms with E-state index in [0.29, 0.717) is 11.3 Å². The Balaban J connectivity index is 2.33. The number of rotatable bonds is 2. The predicted molar refractivity (Wildman–Crippen MR) is 89.2 cm³/mol. The Kier molecular flexibility index (Phi) is 4.79. The first-order valence-corrected chi connectivity index (χ1v) is 8.62. The molecule has 19 heavy (non-hydrogen) atoms. The van der Waals surface area contributed by atoms with E-state index in [0.717, 1.165) is 8.95 Å². The van der Waals surface area contributed by atoms with E-state index in [1.165, 1.54) is 36.8 Å². The molecule has 3 heteroatoms. The lowest BCUT2D eigenvalue weighted by molar-refractivity contribution is 0.112. The molecule has 2 N–H and O–H groups in total. The summed E-state index contributed by atoms with van der Waals surface area (Å²) >= 11 is 7.31. The fourth-order valence-corrected chi connectivity index (χ4v) is 4.40. The second-order valence-corrected chi connectivity index (χ2v) is 8.20. The topological polar surface area (TPSA) is 26.0 Å². The summed E-state index contributed by atoms with van der Waals surface area (Å²) in [5, 5.41) is 0. The first-order chi connectivity index (χ1) is 8.83. The van der Waals surface area contributed by atoms with Crippen LogP contribution in [0.1, 0.15) is 56.7 Å². The zero-order valence-corrected chi connectivity index (χ0v) is 15.1. The minimum atomic E-state index is 0.113. The number of nitrogens with two attached hydrogens (primary N) is 1. The molecule has 0 spiro atoms. The highest BCUT2D eigenvalue weighted by molar-refractivity contribution is 9.11. The van der Waals surface area contributed by atoms with Crippen LogP contribution in [0, 0.1) is 18.3 Å². The molecule has 2 rings (SSSR count). The number of hydrogen-bond donors (Lipinski definition) is 1. The van der Waals surface area contributed by atoms with E-state index in [1.54, 1.807) is 0 Å². The second-order valence-electron chi connectivity index (χ2n) is 6.49. The molecular formula is C16H23Br2N. The van der Waals surface area contributed by atoms with Crippen molar-refractivity contribution in [3.8, 4) is 0 Å². The molecule has 0 aliphatic heterocycles. The standard InChI is InChI=1S/C16H23Br2N/c1-10-8-14(18)11(9-13(10)17)15(19)12-6-4-5-7-16(12,2)3/h8-9,12,15H,4-7,19H2,1-3H3. The molecule has 1 nitrogen and oxygen atoms in total. The molecule has 2 atom stereocenters. The van der Waals surface area contributed by atoms with Crippen molar-refractivity contribution in [2.75, 3.05) is 0 Å². The maximum absolute atomic E-state index is 6.61. The summed E-state index contributed by atoms with van der Waals surface area (Å²) in [7, 11) is 0. The van der Waals surface area contributed by atoms with Crippen molar-refractivity contribution in [3.63, 3.8) is 0 Å². The smallest absolute Gasteiger partial charge is 0.0340 e. The molecule has 0 radical (unpaired) electrons. The summed E-state index contributed by atoms with van der Waals surface area (Å²) in [4.78, 5) is 0. The zero-order valence-electron chi connectivity index (χ0n) is 12.0. The summed E-state index contributed by atoms with van der Waals surface area (Å²) in [6, 6.07) is 4.46. The monoisotopic (exact) mass is 387 g/mol. The number of aryl methyl sites for hydroxylation is 1. The Morgan fingerprint density at radius 1 is 1.21 bits per heavy atom. The Hall–Kier alpha value is 0.140. The summed E-state index contributed by atoms with van der Waals surface area (Å²) < 4.78 is 2.29. The second kappa shape index (κ2) is 5.87. The Morgan fingerprint density at radius 3 is 2.53 bits per heavy atom. The average Bonchev–Trinajstić information content (AvgIpc) is 2.32. The number of halogens is 2. The average molecular weight is 389 g/mol. The van der Waals surface area contributed by atoms with Crippen LogP contribution in [0.2, 0.25) is 0 Å². The molecule has 0 saturated heterocycles. The van der Waals surface area contributed by atoms with Crippen LogP contribution in [0.3, 0.4) is 0 Å². The highest BCUT2D eigenvalue weighted by Crippen LogP contribution is 2.47. The van der Waals surface area contributed by atoms with Crippen molar-refractivity contribution in [2.24, 2.45) is 17.1 Å². The largest absolute Gasteiger partial charge is 0.324 e. The normalized spacial score (nSPS) is 24.2. The molecule has 0 amide bonds. The van der Waals surface area contributed by atoms with Gasteiger partial charge in [-0.25, -0.2) is 0 Å². The molecule has 1 aromatic rings. The van der Waals surface area contributed by atoms with E-state index < -0.39 is 0 Å². The van der Waals surface area contributed by atoms with Crippen LogP contribution in [-0.2, 0) is 0 Å². The maximum atomic E-state index is 6.61. The van der Waals surface area contributed by atoms with Gasteiger partial charge in [0, 0.05) is 15.0 Å². The molecule has 0 heterocycles. The van der Waals surface area contributed by atoms with E-state index >= 15 is 0 Å². The van der Waals surface area contributed by atoms with Crippen molar-refractivity contribution >= 4 is 31.9 Å². The predicted octanol–water partition coefficient (Wildman–Crippen LogP) is 5.74. The van der Waals surface area contributed by atoms with Crippen LogP contribution in [-0.4, -0.2) is 0 Å². The van der Waals surface area contributed by atoms with Crippen LogP contribution in [0.4, 0.5) is 0 Å². The van der Waals surface area contributed by atoms with Gasteiger partial charge in [-0.05, 0) is 54.4 Å². The third-order valence-corrected chi connectivity index (χ3v) is 6.20. The minimum absolute atomic E-state index is 0.113. The van der Waals surface area contributed by atoms with E-state index in [-0.39, 0.29) is 6.04 Å². The molecule has 2 unspecified atom stereocenters. The van der Waals surface area contributed by atoms with Gasteiger partial charge in [-0.2, -0.15) is 0 Å². The van der Waals surface area contributed by atoms with Crippen molar-refractivity contribution in [3.05, 3.63) is 32.2 Å². The fourth-order valence-electron chi connectivity index (χ4n) is 3.32. The van der Waals surface area contributed by atoms with E-state index in [2.05, 4.69) is 64.8 Å². The molecule has 106 valence electrons. The van der Waals surface area contributed by atoms with Gasteiger partial charge >= 0.3 is 0 Å². The van der Waals surface area contributed by atoms with E-state index in [4.69, 9.17) is 5.73 Å². The van der Waals surface area contributed by atoms with Gasteiger partial charge in [0.25, 0.3) is 0 Å². The Labute approximate surface area is 133 Å². The van der Waals surface area contributed by atoms with E-state index in [9.17, 15) is 0 Å². The highest BCUT2D eigenvalue weighted by Gasteiger charge is 2.37. The van der Waals surface area contributed by atoms with E-state index in [1.807, 2.05) is 0 Å². The first-order valence-electron chi connectivity index (χ1n) is 7.04. The van der Waals surface area contributed by atoms with Crippen LogP contribution >= 0.6 is 31.9 Å². The van der Waals surface area contributed by atoms with Gasteiger partial charge in [-0.1, -0.05) is 58.5 Å². The van der Waals surface area contributed by atoms with Gasteiger partial charge in [0.2, 0.25) is 0 Å². The van der Waals surface area contributed by atoms with Crippen molar-refractivity contribution in [2.45, 2.75) is 52.5 Å². The summed E-state index contributed by atoms with van der Waals surface area (Å²) in [5.41, 5.74) is 9.43. The first kappa shape index (κ1) is 15.5. The maximum Gasteiger partial charge on any atom is 0.0340 e.